The zero-order valence-corrected chi connectivity index (χ0v) is 22.3. The van der Waals surface area contributed by atoms with Crippen molar-refractivity contribution in [2.24, 2.45) is 0 Å². The van der Waals surface area contributed by atoms with Gasteiger partial charge in [-0.15, -0.1) is 0 Å². The Morgan fingerprint density at radius 2 is 1.74 bits per heavy atom. The largest absolute Gasteiger partial charge is 0.358 e. The average molecular weight is 525 g/mol. The molecule has 0 bridgehead atoms. The van der Waals surface area contributed by atoms with Crippen LogP contribution in [0.4, 0.5) is 0 Å². The molecular formula is C30H28N4O3S. The minimum absolute atomic E-state index is 0.0184. The van der Waals surface area contributed by atoms with Crippen LogP contribution in [0, 0.1) is 6.92 Å². The second-order valence-corrected chi connectivity index (χ2v) is 10.5. The number of carbonyl (C=O) groups is 2. The standard InChI is InChI=1S/C30H28N4O3S/c1-18(2)31-28(36)21-13-14-23-25(15-21)33-30(34(29(23)37)16-20-9-5-4-6-10-20)38-17-26(35)27-19(3)32-24-12-8-7-11-22(24)27/h4-15,18,32H,16-17H2,1-3H3,(H,31,36). The number of para-hydroxylation sites is 1. The molecule has 5 aromatic rings. The third-order valence-electron chi connectivity index (χ3n) is 6.29. The van der Waals surface area contributed by atoms with E-state index in [9.17, 15) is 14.4 Å². The molecule has 2 aromatic heterocycles. The smallest absolute Gasteiger partial charge is 0.262 e. The number of fused-ring (bicyclic) bond motifs is 2. The number of carbonyl (C=O) groups excluding carboxylic acids is 2. The summed E-state index contributed by atoms with van der Waals surface area (Å²) in [6.07, 6.45) is 0. The van der Waals surface area contributed by atoms with Gasteiger partial charge in [0.1, 0.15) is 0 Å². The highest BCUT2D eigenvalue weighted by molar-refractivity contribution is 7.99. The SMILES string of the molecule is Cc1[nH]c2ccccc2c1C(=O)CSc1nc2cc(C(=O)NC(C)C)ccc2c(=O)n1Cc1ccccc1. The van der Waals surface area contributed by atoms with E-state index in [2.05, 4.69) is 10.3 Å². The Kier molecular flexibility index (Phi) is 7.15. The average Bonchev–Trinajstić information content (AvgIpc) is 3.24. The van der Waals surface area contributed by atoms with Gasteiger partial charge in [-0.25, -0.2) is 4.98 Å². The number of Topliss-reactive ketones (excluding diaryl/α,β-unsaturated/α-hetero) is 1. The number of benzene rings is 3. The summed E-state index contributed by atoms with van der Waals surface area (Å²) >= 11 is 1.23. The van der Waals surface area contributed by atoms with Crippen molar-refractivity contribution in [3.05, 3.63) is 106 Å². The lowest BCUT2D eigenvalue weighted by atomic mass is 10.1. The van der Waals surface area contributed by atoms with Crippen LogP contribution < -0.4 is 10.9 Å². The van der Waals surface area contributed by atoms with Crippen molar-refractivity contribution < 1.29 is 9.59 Å². The van der Waals surface area contributed by atoms with Gasteiger partial charge in [0.25, 0.3) is 11.5 Å². The highest BCUT2D eigenvalue weighted by Crippen LogP contribution is 2.26. The van der Waals surface area contributed by atoms with E-state index >= 15 is 0 Å². The van der Waals surface area contributed by atoms with Gasteiger partial charge in [-0.2, -0.15) is 0 Å². The van der Waals surface area contributed by atoms with Crippen molar-refractivity contribution in [1.29, 1.82) is 0 Å². The number of hydrogen-bond acceptors (Lipinski definition) is 5. The lowest BCUT2D eigenvalue weighted by Crippen LogP contribution is -2.30. The van der Waals surface area contributed by atoms with E-state index in [1.54, 1.807) is 22.8 Å². The predicted octanol–water partition coefficient (Wildman–Crippen LogP) is 5.35. The predicted molar refractivity (Wildman–Crippen MR) is 152 cm³/mol. The molecule has 2 heterocycles. The molecule has 0 aliphatic heterocycles. The summed E-state index contributed by atoms with van der Waals surface area (Å²) in [7, 11) is 0. The van der Waals surface area contributed by atoms with Crippen LogP contribution in [0.25, 0.3) is 21.8 Å². The van der Waals surface area contributed by atoms with E-state index in [1.807, 2.05) is 75.4 Å². The molecule has 2 N–H and O–H groups in total. The molecule has 0 saturated heterocycles. The van der Waals surface area contributed by atoms with E-state index in [0.717, 1.165) is 22.2 Å². The Labute approximate surface area is 224 Å². The molecule has 8 heteroatoms. The molecule has 0 aliphatic rings. The van der Waals surface area contributed by atoms with Crippen molar-refractivity contribution in [3.8, 4) is 0 Å². The molecule has 0 aliphatic carbocycles. The van der Waals surface area contributed by atoms with Gasteiger partial charge in [0.2, 0.25) is 0 Å². The monoisotopic (exact) mass is 524 g/mol. The van der Waals surface area contributed by atoms with Crippen LogP contribution in [0.1, 0.15) is 45.8 Å². The fourth-order valence-electron chi connectivity index (χ4n) is 4.54. The number of H-pyrrole nitrogens is 1. The highest BCUT2D eigenvalue weighted by Gasteiger charge is 2.19. The number of hydrogen-bond donors (Lipinski definition) is 2. The van der Waals surface area contributed by atoms with Crippen LogP contribution in [0.5, 0.6) is 0 Å². The number of nitrogens with one attached hydrogen (secondary N) is 2. The van der Waals surface area contributed by atoms with Crippen molar-refractivity contribution in [3.63, 3.8) is 0 Å². The van der Waals surface area contributed by atoms with Gasteiger partial charge in [0.05, 0.1) is 23.2 Å². The van der Waals surface area contributed by atoms with Crippen LogP contribution in [0.15, 0.2) is 82.7 Å². The van der Waals surface area contributed by atoms with E-state index < -0.39 is 0 Å². The van der Waals surface area contributed by atoms with Crippen molar-refractivity contribution in [1.82, 2.24) is 19.9 Å². The molecule has 192 valence electrons. The normalized spacial score (nSPS) is 11.4. The lowest BCUT2D eigenvalue weighted by Gasteiger charge is -2.14. The summed E-state index contributed by atoms with van der Waals surface area (Å²) in [5.74, 6) is -0.157. The van der Waals surface area contributed by atoms with Crippen LogP contribution in [0.3, 0.4) is 0 Å². The third kappa shape index (κ3) is 5.13. The second-order valence-electron chi connectivity index (χ2n) is 9.51. The van der Waals surface area contributed by atoms with Gasteiger partial charge in [-0.05, 0) is 50.6 Å². The summed E-state index contributed by atoms with van der Waals surface area (Å²) < 4.78 is 1.60. The maximum atomic E-state index is 13.6. The number of ketones is 1. The number of rotatable bonds is 8. The maximum Gasteiger partial charge on any atom is 0.262 e. The molecule has 0 atom stereocenters. The molecule has 0 saturated carbocycles. The lowest BCUT2D eigenvalue weighted by molar-refractivity contribution is 0.0942. The third-order valence-corrected chi connectivity index (χ3v) is 7.27. The first-order chi connectivity index (χ1) is 18.3. The Balaban J connectivity index is 1.54. The molecular weight excluding hydrogens is 496 g/mol. The zero-order valence-electron chi connectivity index (χ0n) is 21.4. The van der Waals surface area contributed by atoms with E-state index in [0.29, 0.717) is 33.7 Å². The Bertz CT molecular complexity index is 1720. The van der Waals surface area contributed by atoms with Crippen molar-refractivity contribution >= 4 is 45.3 Å². The molecule has 1 amide bonds. The minimum Gasteiger partial charge on any atom is -0.358 e. The summed E-state index contributed by atoms with van der Waals surface area (Å²) in [6.45, 7) is 5.99. The quantitative estimate of drug-likeness (QED) is 0.162. The molecule has 5 rings (SSSR count). The summed E-state index contributed by atoms with van der Waals surface area (Å²) in [4.78, 5) is 47.6. The fourth-order valence-corrected chi connectivity index (χ4v) is 5.41. The first kappa shape index (κ1) is 25.5. The van der Waals surface area contributed by atoms with Crippen LogP contribution in [0.2, 0.25) is 0 Å². The van der Waals surface area contributed by atoms with E-state index in [4.69, 9.17) is 4.98 Å². The number of aromatic amines is 1. The molecule has 0 unspecified atom stereocenters. The summed E-state index contributed by atoms with van der Waals surface area (Å²) in [6, 6.07) is 22.3. The molecule has 0 radical (unpaired) electrons. The van der Waals surface area contributed by atoms with Crippen molar-refractivity contribution in [2.75, 3.05) is 5.75 Å². The molecule has 7 nitrogen and oxygen atoms in total. The van der Waals surface area contributed by atoms with Gasteiger partial charge >= 0.3 is 0 Å². The van der Waals surface area contributed by atoms with E-state index in [-0.39, 0.29) is 29.0 Å². The first-order valence-corrected chi connectivity index (χ1v) is 13.4. The van der Waals surface area contributed by atoms with Gasteiger partial charge in [-0.1, -0.05) is 60.3 Å². The molecule has 0 spiro atoms. The molecule has 0 fully saturated rings. The minimum atomic E-state index is -0.226. The topological polar surface area (TPSA) is 96.8 Å². The number of aromatic nitrogens is 3. The first-order valence-electron chi connectivity index (χ1n) is 12.4. The summed E-state index contributed by atoms with van der Waals surface area (Å²) in [5, 5.41) is 4.60. The van der Waals surface area contributed by atoms with Crippen LogP contribution in [-0.2, 0) is 6.54 Å². The molecule has 3 aromatic carbocycles. The Morgan fingerprint density at radius 3 is 2.50 bits per heavy atom. The second kappa shape index (κ2) is 10.7. The van der Waals surface area contributed by atoms with Crippen LogP contribution >= 0.6 is 11.8 Å². The van der Waals surface area contributed by atoms with Gasteiger partial charge in [0.15, 0.2) is 10.9 Å². The van der Waals surface area contributed by atoms with Gasteiger partial charge < -0.3 is 10.3 Å². The maximum absolute atomic E-state index is 13.6. The number of amides is 1. The fraction of sp³-hybridized carbons (Fsp3) is 0.200. The van der Waals surface area contributed by atoms with Crippen molar-refractivity contribution in [2.45, 2.75) is 38.5 Å². The van der Waals surface area contributed by atoms with E-state index in [1.165, 1.54) is 11.8 Å². The summed E-state index contributed by atoms with van der Waals surface area (Å²) in [5.41, 5.74) is 3.96. The number of nitrogens with zero attached hydrogens (tertiary/aromatic N) is 2. The Hall–Kier alpha value is -4.17. The van der Waals surface area contributed by atoms with Crippen LogP contribution in [-0.4, -0.2) is 38.0 Å². The number of aryl methyl sites for hydroxylation is 1. The molecule has 38 heavy (non-hydrogen) atoms. The highest BCUT2D eigenvalue weighted by atomic mass is 32.2. The zero-order chi connectivity index (χ0) is 26.8. The Morgan fingerprint density at radius 1 is 1.00 bits per heavy atom. The van der Waals surface area contributed by atoms with Gasteiger partial charge in [-0.3, -0.25) is 19.0 Å². The number of thioether (sulfide) groups is 1. The van der Waals surface area contributed by atoms with Gasteiger partial charge in [0, 0.05) is 33.8 Å².